The summed E-state index contributed by atoms with van der Waals surface area (Å²) in [6, 6.07) is 31.3. The molecule has 0 saturated heterocycles. The Morgan fingerprint density at radius 3 is 1.08 bits per heavy atom. The smallest absolute Gasteiger partial charge is 0.118 e. The van der Waals surface area contributed by atoms with Gasteiger partial charge in [0.25, 0.3) is 0 Å². The molecule has 4 rings (SSSR count). The van der Waals surface area contributed by atoms with Gasteiger partial charge < -0.3 is 9.47 Å². The number of hydrogen-bond acceptors (Lipinski definition) is 2. The third-order valence-corrected chi connectivity index (χ3v) is 6.42. The van der Waals surface area contributed by atoms with Crippen LogP contribution in [0.1, 0.15) is 38.9 Å². The minimum Gasteiger partial charge on any atom is -0.497 e. The molecule has 36 heavy (non-hydrogen) atoms. The Morgan fingerprint density at radius 1 is 0.472 bits per heavy atom. The molecule has 4 aromatic rings. The summed E-state index contributed by atoms with van der Waals surface area (Å²) in [6.07, 6.45) is 12.9. The monoisotopic (exact) mass is 536 g/mol. The first-order chi connectivity index (χ1) is 17.6. The van der Waals surface area contributed by atoms with Crippen molar-refractivity contribution in [1.82, 2.24) is 0 Å². The van der Waals surface area contributed by atoms with Crippen LogP contribution in [0, 0.1) is 0 Å². The van der Waals surface area contributed by atoms with Crippen molar-refractivity contribution in [3.63, 3.8) is 0 Å². The van der Waals surface area contributed by atoms with Gasteiger partial charge in [-0.3, -0.25) is 0 Å². The van der Waals surface area contributed by atoms with Crippen LogP contribution in [0.15, 0.2) is 91.0 Å². The van der Waals surface area contributed by atoms with Crippen LogP contribution in [0.2, 0.25) is 0 Å². The predicted octanol–water partition coefficient (Wildman–Crippen LogP) is 9.11. The summed E-state index contributed by atoms with van der Waals surface area (Å²) in [4.78, 5) is 0. The maximum absolute atomic E-state index is 5.27. The number of hydrogen-bond donors (Lipinski definition) is 0. The van der Waals surface area contributed by atoms with Gasteiger partial charge in [0.05, 0.1) is 14.2 Å². The van der Waals surface area contributed by atoms with Gasteiger partial charge in [0.2, 0.25) is 0 Å². The van der Waals surface area contributed by atoms with Crippen LogP contribution in [-0.2, 0) is 5.33 Å². The Labute approximate surface area is 222 Å². The summed E-state index contributed by atoms with van der Waals surface area (Å²) >= 11 is 3.51. The van der Waals surface area contributed by atoms with Crippen LogP contribution in [0.5, 0.6) is 11.5 Å². The predicted molar refractivity (Wildman–Crippen MR) is 158 cm³/mol. The second-order valence-electron chi connectivity index (χ2n) is 8.35. The quantitative estimate of drug-likeness (QED) is 0.157. The lowest BCUT2D eigenvalue weighted by atomic mass is 10.0. The van der Waals surface area contributed by atoms with Gasteiger partial charge in [-0.05, 0) is 81.4 Å². The van der Waals surface area contributed by atoms with Crippen LogP contribution in [-0.4, -0.2) is 14.2 Å². The maximum atomic E-state index is 5.27. The largest absolute Gasteiger partial charge is 0.497 e. The zero-order valence-electron chi connectivity index (χ0n) is 20.5. The molecule has 0 radical (unpaired) electrons. The molecule has 180 valence electrons. The van der Waals surface area contributed by atoms with Crippen LogP contribution in [0.25, 0.3) is 36.5 Å². The molecule has 0 heterocycles. The summed E-state index contributed by atoms with van der Waals surface area (Å²) in [5, 5.41) is 0.865. The van der Waals surface area contributed by atoms with Gasteiger partial charge in [0.15, 0.2) is 0 Å². The van der Waals surface area contributed by atoms with Crippen molar-refractivity contribution in [3.05, 3.63) is 130 Å². The normalized spacial score (nSPS) is 11.5. The minimum absolute atomic E-state index is 0.856. The molecule has 0 aromatic heterocycles. The first-order valence-corrected chi connectivity index (χ1v) is 12.9. The molecule has 2 nitrogen and oxygen atoms in total. The number of alkyl halides is 1. The molecule has 0 fully saturated rings. The second kappa shape index (κ2) is 12.8. The third kappa shape index (κ3) is 7.34. The van der Waals surface area contributed by atoms with E-state index >= 15 is 0 Å². The van der Waals surface area contributed by atoms with E-state index in [1.807, 2.05) is 24.3 Å². The van der Waals surface area contributed by atoms with Gasteiger partial charge in [-0.15, -0.1) is 0 Å². The fourth-order valence-electron chi connectivity index (χ4n) is 3.72. The van der Waals surface area contributed by atoms with E-state index in [1.54, 1.807) is 14.2 Å². The second-order valence-corrected chi connectivity index (χ2v) is 8.92. The van der Waals surface area contributed by atoms with E-state index in [0.29, 0.717) is 0 Å². The Morgan fingerprint density at radius 2 is 0.778 bits per heavy atom. The van der Waals surface area contributed by atoms with Gasteiger partial charge in [-0.1, -0.05) is 101 Å². The molecule has 0 saturated carbocycles. The van der Waals surface area contributed by atoms with Gasteiger partial charge in [0, 0.05) is 5.33 Å². The highest BCUT2D eigenvalue weighted by Crippen LogP contribution is 2.20. The summed E-state index contributed by atoms with van der Waals surface area (Å²) in [5.74, 6) is 1.71. The lowest BCUT2D eigenvalue weighted by molar-refractivity contribution is 0.414. The fourth-order valence-corrected chi connectivity index (χ4v) is 4.09. The molecule has 4 aromatic carbocycles. The maximum Gasteiger partial charge on any atom is 0.118 e. The number of benzene rings is 4. The van der Waals surface area contributed by atoms with E-state index in [9.17, 15) is 0 Å². The van der Waals surface area contributed by atoms with Gasteiger partial charge in [-0.2, -0.15) is 0 Å². The highest BCUT2D eigenvalue weighted by atomic mass is 79.9. The van der Waals surface area contributed by atoms with E-state index in [1.165, 1.54) is 11.1 Å². The van der Waals surface area contributed by atoms with Crippen molar-refractivity contribution in [3.8, 4) is 11.5 Å². The zero-order chi connectivity index (χ0) is 25.2. The highest BCUT2D eigenvalue weighted by molar-refractivity contribution is 9.08. The van der Waals surface area contributed by atoms with Crippen molar-refractivity contribution < 1.29 is 9.47 Å². The first kappa shape index (κ1) is 25.3. The van der Waals surface area contributed by atoms with E-state index in [2.05, 4.69) is 119 Å². The third-order valence-electron chi connectivity index (χ3n) is 5.77. The summed E-state index contributed by atoms with van der Waals surface area (Å²) < 4.78 is 10.5. The summed E-state index contributed by atoms with van der Waals surface area (Å²) in [6.45, 7) is 0. The molecular formula is C33H29BrO2. The topological polar surface area (TPSA) is 18.5 Å². The first-order valence-electron chi connectivity index (χ1n) is 11.8. The van der Waals surface area contributed by atoms with Crippen molar-refractivity contribution in [2.45, 2.75) is 5.33 Å². The van der Waals surface area contributed by atoms with E-state index in [-0.39, 0.29) is 0 Å². The van der Waals surface area contributed by atoms with Crippen LogP contribution >= 0.6 is 15.9 Å². The molecule has 0 atom stereocenters. The Kier molecular flexibility index (Phi) is 8.96. The van der Waals surface area contributed by atoms with Crippen LogP contribution in [0.3, 0.4) is 0 Å². The number of ether oxygens (including phenoxy) is 2. The molecule has 0 spiro atoms. The number of rotatable bonds is 9. The molecule has 0 unspecified atom stereocenters. The van der Waals surface area contributed by atoms with E-state index in [0.717, 1.165) is 44.6 Å². The van der Waals surface area contributed by atoms with Gasteiger partial charge in [0.1, 0.15) is 11.5 Å². The van der Waals surface area contributed by atoms with Gasteiger partial charge >= 0.3 is 0 Å². The molecule has 0 amide bonds. The van der Waals surface area contributed by atoms with Crippen molar-refractivity contribution in [2.24, 2.45) is 0 Å². The Hall–Kier alpha value is -3.82. The molecule has 0 aliphatic carbocycles. The summed E-state index contributed by atoms with van der Waals surface area (Å²) in [7, 11) is 3.36. The zero-order valence-corrected chi connectivity index (χ0v) is 22.1. The van der Waals surface area contributed by atoms with Gasteiger partial charge in [-0.25, -0.2) is 0 Å². The van der Waals surface area contributed by atoms with Crippen LogP contribution in [0.4, 0.5) is 0 Å². The lowest BCUT2D eigenvalue weighted by Crippen LogP contribution is -1.84. The molecular weight excluding hydrogens is 508 g/mol. The van der Waals surface area contributed by atoms with Crippen molar-refractivity contribution >= 4 is 52.4 Å². The average Bonchev–Trinajstić information content (AvgIpc) is 2.94. The van der Waals surface area contributed by atoms with Crippen LogP contribution < -0.4 is 9.47 Å². The Balaban J connectivity index is 1.62. The summed E-state index contributed by atoms with van der Waals surface area (Å²) in [5.41, 5.74) is 8.11. The van der Waals surface area contributed by atoms with E-state index < -0.39 is 0 Å². The minimum atomic E-state index is 0.856. The lowest BCUT2D eigenvalue weighted by Gasteiger charge is -2.04. The molecule has 0 bridgehead atoms. The molecule has 0 aliphatic heterocycles. The molecule has 3 heteroatoms. The van der Waals surface area contributed by atoms with E-state index in [4.69, 9.17) is 9.47 Å². The standard InChI is InChI=1S/C33H29BrO2/c1-35-32-17-13-26(14-18-32)6-11-30-21-29(10-5-25-3-8-28(24-34)9-4-25)22-31(23-30)12-7-27-15-19-33(36-2)20-16-27/h3-23H,24H2,1-2H3/b10-5+,11-6+,12-7+. The number of halogens is 1. The highest BCUT2D eigenvalue weighted by Gasteiger charge is 1.99. The Bertz CT molecular complexity index is 1160. The molecule has 0 aliphatic rings. The molecule has 0 N–H and O–H groups in total. The average molecular weight is 537 g/mol. The number of methoxy groups -OCH3 is 2. The van der Waals surface area contributed by atoms with Crippen molar-refractivity contribution in [2.75, 3.05) is 14.2 Å². The SMILES string of the molecule is COc1ccc(/C=C/c2cc(/C=C/c3ccc(CBr)cc3)cc(/C=C/c3ccc(OC)cc3)c2)cc1. The van der Waals surface area contributed by atoms with Crippen molar-refractivity contribution in [1.29, 1.82) is 0 Å². The fraction of sp³-hybridized carbons (Fsp3) is 0.0909.